The molecule has 1 aliphatic heterocycles. The molecule has 0 atom stereocenters. The lowest BCUT2D eigenvalue weighted by Crippen LogP contribution is -2.33. The number of carbonyl (C=O) groups is 2. The topological polar surface area (TPSA) is 58.6 Å². The van der Waals surface area contributed by atoms with Gasteiger partial charge in [-0.3, -0.25) is 9.59 Å². The first kappa shape index (κ1) is 23.7. The van der Waals surface area contributed by atoms with Gasteiger partial charge >= 0.3 is 6.18 Å². The van der Waals surface area contributed by atoms with Gasteiger partial charge in [0.2, 0.25) is 0 Å². The summed E-state index contributed by atoms with van der Waals surface area (Å²) in [5.74, 6) is -1.10. The van der Waals surface area contributed by atoms with Crippen LogP contribution in [0.4, 0.5) is 24.5 Å². The molecule has 0 unspecified atom stereocenters. The molecule has 1 heterocycles. The number of nitrogens with zero attached hydrogens (tertiary/aromatic N) is 1. The molecule has 5 nitrogen and oxygen atoms in total. The summed E-state index contributed by atoms with van der Waals surface area (Å²) in [6.45, 7) is 0. The smallest absolute Gasteiger partial charge is 0.416 e. The van der Waals surface area contributed by atoms with Gasteiger partial charge in [-0.2, -0.15) is 13.2 Å². The Bertz CT molecular complexity index is 1300. The van der Waals surface area contributed by atoms with E-state index >= 15 is 0 Å². The van der Waals surface area contributed by atoms with E-state index in [1.807, 2.05) is 0 Å². The Morgan fingerprint density at radius 1 is 0.941 bits per heavy atom. The van der Waals surface area contributed by atoms with Gasteiger partial charge in [-0.05, 0) is 42.5 Å². The SMILES string of the molecule is COc1cccc(NC2=C(Sc3ccccc3)C(=O)N(c3cc(C(F)(F)F)ccc3Cl)C2=O)c1. The number of nitrogens with one attached hydrogen (secondary N) is 1. The van der Waals surface area contributed by atoms with Gasteiger partial charge in [0.25, 0.3) is 11.8 Å². The minimum atomic E-state index is -4.68. The van der Waals surface area contributed by atoms with Crippen molar-refractivity contribution >= 4 is 46.6 Å². The first-order valence-corrected chi connectivity index (χ1v) is 11.0. The van der Waals surface area contributed by atoms with Gasteiger partial charge in [0.1, 0.15) is 16.4 Å². The summed E-state index contributed by atoms with van der Waals surface area (Å²) in [6, 6.07) is 18.0. The third-order valence-corrected chi connectivity index (χ3v) is 6.27. The Kier molecular flexibility index (Phi) is 6.58. The molecule has 1 aliphatic rings. The van der Waals surface area contributed by atoms with Gasteiger partial charge < -0.3 is 10.1 Å². The molecular weight excluding hydrogens is 489 g/mol. The summed E-state index contributed by atoms with van der Waals surface area (Å²) < 4.78 is 45.1. The van der Waals surface area contributed by atoms with E-state index in [0.29, 0.717) is 27.3 Å². The Hall–Kier alpha value is -3.43. The molecule has 0 spiro atoms. The highest BCUT2D eigenvalue weighted by molar-refractivity contribution is 8.04. The molecule has 0 aromatic heterocycles. The van der Waals surface area contributed by atoms with Crippen LogP contribution in [0.3, 0.4) is 0 Å². The average molecular weight is 505 g/mol. The normalized spacial score (nSPS) is 14.1. The lowest BCUT2D eigenvalue weighted by Gasteiger charge is -2.18. The third-order valence-electron chi connectivity index (χ3n) is 4.86. The number of rotatable bonds is 6. The summed E-state index contributed by atoms with van der Waals surface area (Å²) in [6.07, 6.45) is -4.68. The molecule has 3 aromatic carbocycles. The molecule has 0 saturated heterocycles. The van der Waals surface area contributed by atoms with Crippen molar-refractivity contribution in [2.45, 2.75) is 11.1 Å². The molecule has 0 fully saturated rings. The fraction of sp³-hybridized carbons (Fsp3) is 0.0833. The van der Waals surface area contributed by atoms with E-state index in [9.17, 15) is 22.8 Å². The number of ether oxygens (including phenoxy) is 1. The number of anilines is 2. The number of benzene rings is 3. The maximum absolute atomic E-state index is 13.4. The number of carbonyl (C=O) groups excluding carboxylic acids is 2. The molecule has 1 N–H and O–H groups in total. The van der Waals surface area contributed by atoms with Crippen molar-refractivity contribution in [3.63, 3.8) is 0 Å². The predicted octanol–water partition coefficient (Wildman–Crippen LogP) is 6.36. The lowest BCUT2D eigenvalue weighted by molar-refractivity contribution is -0.137. The quantitative estimate of drug-likeness (QED) is 0.396. The van der Waals surface area contributed by atoms with Crippen LogP contribution in [0.25, 0.3) is 0 Å². The number of hydrogen-bond acceptors (Lipinski definition) is 5. The van der Waals surface area contributed by atoms with E-state index in [2.05, 4.69) is 5.32 Å². The highest BCUT2D eigenvalue weighted by Gasteiger charge is 2.42. The molecule has 3 aromatic rings. The number of imide groups is 1. The second-order valence-corrected chi connectivity index (χ2v) is 8.58. The number of hydrogen-bond donors (Lipinski definition) is 1. The van der Waals surface area contributed by atoms with E-state index in [4.69, 9.17) is 16.3 Å². The molecule has 2 amide bonds. The van der Waals surface area contributed by atoms with Crippen LogP contribution in [0.2, 0.25) is 5.02 Å². The van der Waals surface area contributed by atoms with Crippen LogP contribution >= 0.6 is 23.4 Å². The monoisotopic (exact) mass is 504 g/mol. The summed E-state index contributed by atoms with van der Waals surface area (Å²) in [4.78, 5) is 28.1. The minimum Gasteiger partial charge on any atom is -0.497 e. The van der Waals surface area contributed by atoms with Gasteiger partial charge in [0, 0.05) is 16.6 Å². The van der Waals surface area contributed by atoms with Crippen molar-refractivity contribution in [1.82, 2.24) is 0 Å². The predicted molar refractivity (Wildman–Crippen MR) is 125 cm³/mol. The first-order valence-electron chi connectivity index (χ1n) is 9.83. The zero-order chi connectivity index (χ0) is 24.5. The zero-order valence-corrected chi connectivity index (χ0v) is 19.1. The Labute approximate surface area is 202 Å². The molecule has 10 heteroatoms. The number of amides is 2. The first-order chi connectivity index (χ1) is 16.2. The fourth-order valence-corrected chi connectivity index (χ4v) is 4.40. The van der Waals surface area contributed by atoms with Gasteiger partial charge in [-0.15, -0.1) is 0 Å². The molecule has 0 saturated carbocycles. The number of thioether (sulfide) groups is 1. The molecular formula is C24H16ClF3N2O3S. The number of alkyl halides is 3. The van der Waals surface area contributed by atoms with Crippen LogP contribution in [0.5, 0.6) is 5.75 Å². The van der Waals surface area contributed by atoms with E-state index in [1.54, 1.807) is 54.6 Å². The second-order valence-electron chi connectivity index (χ2n) is 7.09. The maximum atomic E-state index is 13.4. The highest BCUT2D eigenvalue weighted by Crippen LogP contribution is 2.42. The van der Waals surface area contributed by atoms with E-state index < -0.39 is 23.6 Å². The summed E-state index contributed by atoms with van der Waals surface area (Å²) in [5.41, 5.74) is -1.00. The molecule has 0 aliphatic carbocycles. The van der Waals surface area contributed by atoms with Gasteiger partial charge in [0.05, 0.1) is 23.4 Å². The average Bonchev–Trinajstić information content (AvgIpc) is 3.03. The Morgan fingerprint density at radius 3 is 2.35 bits per heavy atom. The van der Waals surface area contributed by atoms with Crippen molar-refractivity contribution in [2.24, 2.45) is 0 Å². The molecule has 4 rings (SSSR count). The van der Waals surface area contributed by atoms with Crippen LogP contribution in [0.15, 0.2) is 88.3 Å². The molecule has 34 heavy (non-hydrogen) atoms. The molecule has 0 bridgehead atoms. The van der Waals surface area contributed by atoms with Crippen LogP contribution in [0, 0.1) is 0 Å². The standard InChI is InChI=1S/C24H16ClF3N2O3S/c1-33-16-7-5-6-15(13-16)29-20-21(34-17-8-3-2-4-9-17)23(32)30(22(20)31)19-12-14(24(26,27)28)10-11-18(19)25/h2-13,29H,1H3. The van der Waals surface area contributed by atoms with Crippen molar-refractivity contribution in [1.29, 1.82) is 0 Å². The number of halogens is 4. The number of methoxy groups -OCH3 is 1. The van der Waals surface area contributed by atoms with Gasteiger partial charge in [0.15, 0.2) is 0 Å². The molecule has 0 radical (unpaired) electrons. The molecule has 174 valence electrons. The third kappa shape index (κ3) is 4.76. The van der Waals surface area contributed by atoms with Gasteiger partial charge in [-0.25, -0.2) is 4.90 Å². The van der Waals surface area contributed by atoms with Crippen LogP contribution in [-0.4, -0.2) is 18.9 Å². The largest absolute Gasteiger partial charge is 0.497 e. The summed E-state index contributed by atoms with van der Waals surface area (Å²) >= 11 is 7.16. The van der Waals surface area contributed by atoms with E-state index in [1.165, 1.54) is 7.11 Å². The van der Waals surface area contributed by atoms with Gasteiger partial charge in [-0.1, -0.05) is 47.6 Å². The van der Waals surface area contributed by atoms with Crippen LogP contribution < -0.4 is 15.0 Å². The Morgan fingerprint density at radius 2 is 1.68 bits per heavy atom. The second kappa shape index (κ2) is 9.44. The summed E-state index contributed by atoms with van der Waals surface area (Å²) in [5, 5.41) is 2.77. The lowest BCUT2D eigenvalue weighted by atomic mass is 10.2. The van der Waals surface area contributed by atoms with Crippen LogP contribution in [-0.2, 0) is 15.8 Å². The van der Waals surface area contributed by atoms with Crippen molar-refractivity contribution < 1.29 is 27.5 Å². The zero-order valence-electron chi connectivity index (χ0n) is 17.5. The maximum Gasteiger partial charge on any atom is 0.416 e. The Balaban J connectivity index is 1.79. The van der Waals surface area contributed by atoms with Crippen molar-refractivity contribution in [2.75, 3.05) is 17.3 Å². The fourth-order valence-electron chi connectivity index (χ4n) is 3.25. The minimum absolute atomic E-state index is 0.0208. The van der Waals surface area contributed by atoms with E-state index in [0.717, 1.165) is 23.9 Å². The van der Waals surface area contributed by atoms with Crippen molar-refractivity contribution in [3.05, 3.63) is 94.0 Å². The van der Waals surface area contributed by atoms with Crippen molar-refractivity contribution in [3.8, 4) is 5.75 Å². The van der Waals surface area contributed by atoms with E-state index in [-0.39, 0.29) is 21.3 Å². The summed E-state index contributed by atoms with van der Waals surface area (Å²) in [7, 11) is 1.48. The van der Waals surface area contributed by atoms with Crippen LogP contribution in [0.1, 0.15) is 5.56 Å². The highest BCUT2D eigenvalue weighted by atomic mass is 35.5.